The van der Waals surface area contributed by atoms with Gasteiger partial charge in [0, 0.05) is 0 Å². The van der Waals surface area contributed by atoms with Crippen molar-refractivity contribution in [1.82, 2.24) is 0 Å². The molecule has 3 fully saturated rings. The van der Waals surface area contributed by atoms with E-state index in [4.69, 9.17) is 66.3 Å². The van der Waals surface area contributed by atoms with Crippen LogP contribution in [0.3, 0.4) is 0 Å². The molecule has 0 aromatic heterocycles. The van der Waals surface area contributed by atoms with Gasteiger partial charge in [0.15, 0.2) is 61.6 Å². The van der Waals surface area contributed by atoms with Crippen molar-refractivity contribution in [2.45, 2.75) is 86.0 Å². The molecule has 0 saturated carbocycles. The summed E-state index contributed by atoms with van der Waals surface area (Å²) >= 11 is 0. The maximum Gasteiger partial charge on any atom is 0.338 e. The van der Waals surface area contributed by atoms with Crippen LogP contribution in [0.2, 0.25) is 0 Å². The van der Waals surface area contributed by atoms with Crippen molar-refractivity contribution in [2.24, 2.45) is 0 Å². The first-order chi connectivity index (χ1) is 50.7. The van der Waals surface area contributed by atoms with Gasteiger partial charge in [0.1, 0.15) is 37.6 Å². The van der Waals surface area contributed by atoms with Gasteiger partial charge in [-0.15, -0.1) is 0 Å². The molecule has 1 unspecified atom stereocenters. The molecule has 530 valence electrons. The molecule has 24 nitrogen and oxygen atoms in total. The van der Waals surface area contributed by atoms with E-state index >= 15 is 0 Å². The van der Waals surface area contributed by atoms with Gasteiger partial charge in [-0.05, 0) is 109 Å². The first-order valence-electron chi connectivity index (χ1n) is 32.9. The van der Waals surface area contributed by atoms with Crippen LogP contribution in [0.4, 0.5) is 0 Å². The third-order valence-corrected chi connectivity index (χ3v) is 16.7. The zero-order valence-electron chi connectivity index (χ0n) is 55.0. The average molecular weight is 1410 g/mol. The Morgan fingerprint density at radius 2 is 0.577 bits per heavy atom. The van der Waals surface area contributed by atoms with E-state index in [1.807, 2.05) is 0 Å². The molecule has 3 aliphatic heterocycles. The van der Waals surface area contributed by atoms with Crippen LogP contribution in [0.5, 0.6) is 0 Å². The maximum absolute atomic E-state index is 14.7. The minimum atomic E-state index is -2.18. The summed E-state index contributed by atoms with van der Waals surface area (Å²) in [6.45, 7) is -2.51. The Labute approximate surface area is 594 Å². The van der Waals surface area contributed by atoms with E-state index in [1.54, 1.807) is 164 Å². The molecule has 0 spiro atoms. The predicted octanol–water partition coefficient (Wildman–Crippen LogP) is 9.85. The number of carbonyl (C=O) groups is 9. The number of esters is 9. The quantitative estimate of drug-likeness (QED) is 0.0370. The molecular formula is C80H66O24. The summed E-state index contributed by atoms with van der Waals surface area (Å²) in [6, 6.07) is 69.1. The van der Waals surface area contributed by atoms with Gasteiger partial charge in [0.25, 0.3) is 0 Å². The molecular weight excluding hydrogens is 1340 g/mol. The normalized spacial score (nSPS) is 22.2. The van der Waals surface area contributed by atoms with Gasteiger partial charge in [0.05, 0.1) is 56.7 Å². The number of hydrogen-bond donors (Lipinski definition) is 1. The molecule has 24 heteroatoms. The number of hydrogen-bond acceptors (Lipinski definition) is 24. The summed E-state index contributed by atoms with van der Waals surface area (Å²) in [5.74, 6) is -8.80. The predicted molar refractivity (Wildman–Crippen MR) is 362 cm³/mol. The molecule has 0 radical (unpaired) electrons. The van der Waals surface area contributed by atoms with Crippen molar-refractivity contribution in [1.29, 1.82) is 0 Å². The second kappa shape index (κ2) is 34.6. The molecule has 0 aliphatic carbocycles. The second-order valence-corrected chi connectivity index (χ2v) is 23.7. The van der Waals surface area contributed by atoms with Gasteiger partial charge in [-0.25, -0.2) is 43.2 Å². The van der Waals surface area contributed by atoms with E-state index in [0.717, 1.165) is 0 Å². The third kappa shape index (κ3) is 18.0. The zero-order valence-corrected chi connectivity index (χ0v) is 55.0. The number of ether oxygens (including phenoxy) is 14. The van der Waals surface area contributed by atoms with Crippen LogP contribution in [0.25, 0.3) is 0 Å². The van der Waals surface area contributed by atoms with Crippen LogP contribution in [0.15, 0.2) is 273 Å². The number of carbonyl (C=O) groups excluding carboxylic acids is 9. The van der Waals surface area contributed by atoms with Crippen LogP contribution < -0.4 is 0 Å². The molecule has 3 saturated heterocycles. The molecule has 3 heterocycles. The Bertz CT molecular complexity index is 4370. The van der Waals surface area contributed by atoms with Crippen molar-refractivity contribution >= 4 is 53.7 Å². The molecule has 0 bridgehead atoms. The summed E-state index contributed by atoms with van der Waals surface area (Å²) in [4.78, 5) is 129. The van der Waals surface area contributed by atoms with Gasteiger partial charge < -0.3 is 71.4 Å². The SMILES string of the molecule is O=C(OC[C@@H](OC(=O)c1ccccc1)[C@@H]1O[C@@H](OC[C@@H](O[C@H]2O[C@H](COC(=O)c3ccccc3)[C@@H](OC(=O)c3ccccc3)[C@@H]2OC(=O)c2ccccc2)[C@@H]2OC(O)[C@H](OC(=O)c3ccccc3)[C@H]2OC(=O)c2ccccc2)[C@H](OC(=O)c2ccccc2)[C@H]1OC(=O)c1ccccc1)c1ccccc1. The Morgan fingerprint density at radius 3 is 0.952 bits per heavy atom. The summed E-state index contributed by atoms with van der Waals surface area (Å²) < 4.78 is 88.6. The standard InChI is InChI=1S/C80H66O24/c81-69(49-28-10-1-11-29-49)91-46-58(94-71(83)51-32-14-3-15-33-51)62-65(100-74(86)54-38-20-6-21-39-54)68(103-77(89)57-44-26-9-27-45-57)79(104-62)93-48-60(61-64(99-73(85)53-36-18-5-19-37-53)66(78(90)98-61)101-75(87)55-40-22-7-23-41-55)96-80-67(102-76(88)56-42-24-8-25-43-56)63(97-72(84)52-34-16-4-17-35-52)59(95-80)47-92-70(82)50-30-12-2-13-31-50/h1-45,58-68,78-80,90H,46-48H2/t58-,59-,60-,61+,62+,63-,64+,65+,66-,67+,68-,78?,79-,80-/m1/s1. The van der Waals surface area contributed by atoms with Crippen LogP contribution >= 0.6 is 0 Å². The highest BCUT2D eigenvalue weighted by atomic mass is 16.8. The topological polar surface area (TPSA) is 303 Å². The summed E-state index contributed by atoms with van der Waals surface area (Å²) in [5.41, 5.74) is 0.180. The van der Waals surface area contributed by atoms with Crippen molar-refractivity contribution in [3.63, 3.8) is 0 Å². The third-order valence-electron chi connectivity index (χ3n) is 16.7. The number of aliphatic hydroxyl groups excluding tert-OH is 1. The number of benzene rings is 9. The molecule has 9 aromatic carbocycles. The lowest BCUT2D eigenvalue weighted by Gasteiger charge is -2.32. The number of rotatable bonds is 27. The van der Waals surface area contributed by atoms with Crippen molar-refractivity contribution in [3.8, 4) is 0 Å². The van der Waals surface area contributed by atoms with Crippen LogP contribution in [-0.4, -0.2) is 165 Å². The van der Waals surface area contributed by atoms with Crippen molar-refractivity contribution in [2.75, 3.05) is 19.8 Å². The molecule has 14 atom stereocenters. The van der Waals surface area contributed by atoms with E-state index in [0.29, 0.717) is 0 Å². The van der Waals surface area contributed by atoms with E-state index in [2.05, 4.69) is 0 Å². The lowest BCUT2D eigenvalue weighted by Crippen LogP contribution is -2.50. The van der Waals surface area contributed by atoms with E-state index in [-0.39, 0.29) is 50.1 Å². The fraction of sp³-hybridized carbons (Fsp3) is 0.212. The molecule has 104 heavy (non-hydrogen) atoms. The highest BCUT2D eigenvalue weighted by Gasteiger charge is 2.59. The van der Waals surface area contributed by atoms with Crippen molar-refractivity contribution in [3.05, 3.63) is 323 Å². The second-order valence-electron chi connectivity index (χ2n) is 23.7. The average Bonchev–Trinajstić information content (AvgIpc) is 1.63. The van der Waals surface area contributed by atoms with E-state index in [9.17, 15) is 48.3 Å². The largest absolute Gasteiger partial charge is 0.459 e. The van der Waals surface area contributed by atoms with Gasteiger partial charge >= 0.3 is 53.7 Å². The fourth-order valence-corrected chi connectivity index (χ4v) is 11.5. The van der Waals surface area contributed by atoms with Crippen molar-refractivity contribution < 1.29 is 115 Å². The summed E-state index contributed by atoms with van der Waals surface area (Å²) in [5, 5.41) is 12.2. The Kier molecular flexibility index (Phi) is 23.9. The molecule has 3 aliphatic rings. The molecule has 0 amide bonds. The smallest absolute Gasteiger partial charge is 0.338 e. The van der Waals surface area contributed by atoms with E-state index in [1.165, 1.54) is 109 Å². The number of aliphatic hydroxyl groups is 1. The molecule has 1 N–H and O–H groups in total. The first kappa shape index (κ1) is 71.8. The minimum Gasteiger partial charge on any atom is -0.459 e. The van der Waals surface area contributed by atoms with Crippen LogP contribution in [0.1, 0.15) is 93.2 Å². The maximum atomic E-state index is 14.7. The lowest BCUT2D eigenvalue weighted by atomic mass is 10.0. The van der Waals surface area contributed by atoms with Gasteiger partial charge in [-0.2, -0.15) is 0 Å². The van der Waals surface area contributed by atoms with Crippen LogP contribution in [-0.2, 0) is 66.3 Å². The summed E-state index contributed by atoms with van der Waals surface area (Å²) in [6.07, 6.45) is -26.6. The van der Waals surface area contributed by atoms with Gasteiger partial charge in [-0.1, -0.05) is 164 Å². The fourth-order valence-electron chi connectivity index (χ4n) is 11.5. The zero-order chi connectivity index (χ0) is 72.3. The highest BCUT2D eigenvalue weighted by Crippen LogP contribution is 2.38. The minimum absolute atomic E-state index is 0.000854. The van der Waals surface area contributed by atoms with Gasteiger partial charge in [0.2, 0.25) is 0 Å². The molecule has 9 aromatic rings. The lowest BCUT2D eigenvalue weighted by molar-refractivity contribution is -0.256. The highest BCUT2D eigenvalue weighted by molar-refractivity contribution is 5.94. The summed E-state index contributed by atoms with van der Waals surface area (Å²) in [7, 11) is 0. The Morgan fingerprint density at radius 1 is 0.288 bits per heavy atom. The van der Waals surface area contributed by atoms with E-state index < -0.39 is 160 Å². The van der Waals surface area contributed by atoms with Gasteiger partial charge in [-0.3, -0.25) is 0 Å². The molecule has 12 rings (SSSR count). The Balaban J connectivity index is 0.980. The first-order valence-corrected chi connectivity index (χ1v) is 32.9. The Hall–Kier alpha value is -12.0. The monoisotopic (exact) mass is 1410 g/mol. The van der Waals surface area contributed by atoms with Crippen LogP contribution in [0, 0.1) is 0 Å².